The van der Waals surface area contributed by atoms with Gasteiger partial charge < -0.3 is 19.7 Å². The number of hydrogen-bond donors (Lipinski definition) is 1. The molecule has 114 valence electrons. The SMILES string of the molecule is CNc1sc2c(c1C#N)CCN(C(=O)COCCOC)C2. The second-order valence-electron chi connectivity index (χ2n) is 4.68. The zero-order valence-electron chi connectivity index (χ0n) is 12.3. The minimum absolute atomic E-state index is 0.0188. The van der Waals surface area contributed by atoms with E-state index in [9.17, 15) is 10.1 Å². The van der Waals surface area contributed by atoms with Gasteiger partial charge in [0.15, 0.2) is 0 Å². The molecule has 2 heterocycles. The molecule has 7 heteroatoms. The highest BCUT2D eigenvalue weighted by Gasteiger charge is 2.26. The minimum atomic E-state index is -0.0188. The monoisotopic (exact) mass is 309 g/mol. The lowest BCUT2D eigenvalue weighted by atomic mass is 10.0. The highest BCUT2D eigenvalue weighted by atomic mass is 32.1. The van der Waals surface area contributed by atoms with Crippen molar-refractivity contribution >= 4 is 22.2 Å². The Morgan fingerprint density at radius 3 is 3.00 bits per heavy atom. The summed E-state index contributed by atoms with van der Waals surface area (Å²) in [7, 11) is 3.41. The van der Waals surface area contributed by atoms with E-state index in [1.165, 1.54) is 0 Å². The first-order valence-corrected chi connectivity index (χ1v) is 7.59. The molecule has 0 unspecified atom stereocenters. The fourth-order valence-corrected chi connectivity index (χ4v) is 3.47. The van der Waals surface area contributed by atoms with Crippen LogP contribution in [0.25, 0.3) is 0 Å². The van der Waals surface area contributed by atoms with Gasteiger partial charge in [-0.2, -0.15) is 5.26 Å². The molecule has 0 atom stereocenters. The molecule has 21 heavy (non-hydrogen) atoms. The molecule has 2 rings (SSSR count). The van der Waals surface area contributed by atoms with Crippen molar-refractivity contribution in [1.29, 1.82) is 5.26 Å². The number of nitrogens with one attached hydrogen (secondary N) is 1. The third-order valence-electron chi connectivity index (χ3n) is 3.41. The van der Waals surface area contributed by atoms with Gasteiger partial charge >= 0.3 is 0 Å². The molecule has 0 saturated carbocycles. The molecule has 0 aromatic carbocycles. The normalized spacial score (nSPS) is 13.7. The number of ether oxygens (including phenoxy) is 2. The Bertz CT molecular complexity index is 550. The van der Waals surface area contributed by atoms with Crippen LogP contribution in [0.5, 0.6) is 0 Å². The Kier molecular flexibility index (Phi) is 5.56. The van der Waals surface area contributed by atoms with E-state index >= 15 is 0 Å². The minimum Gasteiger partial charge on any atom is -0.382 e. The van der Waals surface area contributed by atoms with Crippen molar-refractivity contribution in [3.8, 4) is 6.07 Å². The van der Waals surface area contributed by atoms with Crippen molar-refractivity contribution in [1.82, 2.24) is 4.90 Å². The van der Waals surface area contributed by atoms with Crippen LogP contribution in [0.15, 0.2) is 0 Å². The lowest BCUT2D eigenvalue weighted by Gasteiger charge is -2.26. The van der Waals surface area contributed by atoms with Crippen LogP contribution in [0.3, 0.4) is 0 Å². The van der Waals surface area contributed by atoms with E-state index in [1.54, 1.807) is 23.3 Å². The van der Waals surface area contributed by atoms with Crippen molar-refractivity contribution in [2.75, 3.05) is 45.8 Å². The van der Waals surface area contributed by atoms with Gasteiger partial charge in [0.2, 0.25) is 5.91 Å². The Hall–Kier alpha value is -1.62. The van der Waals surface area contributed by atoms with Gasteiger partial charge in [-0.25, -0.2) is 0 Å². The molecule has 1 aromatic heterocycles. The Morgan fingerprint density at radius 1 is 1.52 bits per heavy atom. The quantitative estimate of drug-likeness (QED) is 0.800. The van der Waals surface area contributed by atoms with Gasteiger partial charge in [-0.1, -0.05) is 0 Å². The highest BCUT2D eigenvalue weighted by molar-refractivity contribution is 7.16. The maximum Gasteiger partial charge on any atom is 0.248 e. The molecule has 1 amide bonds. The lowest BCUT2D eigenvalue weighted by molar-refractivity contribution is -0.137. The van der Waals surface area contributed by atoms with Crippen molar-refractivity contribution in [3.63, 3.8) is 0 Å². The molecule has 0 fully saturated rings. The first-order valence-electron chi connectivity index (χ1n) is 6.78. The zero-order valence-corrected chi connectivity index (χ0v) is 13.1. The van der Waals surface area contributed by atoms with Gasteiger partial charge in [0.1, 0.15) is 17.7 Å². The molecule has 1 aromatic rings. The number of fused-ring (bicyclic) bond motifs is 1. The van der Waals surface area contributed by atoms with E-state index in [2.05, 4.69) is 11.4 Å². The number of amides is 1. The van der Waals surface area contributed by atoms with Crippen LogP contribution in [-0.2, 0) is 27.2 Å². The van der Waals surface area contributed by atoms with Gasteiger partial charge in [-0.3, -0.25) is 4.79 Å². The Labute approximate surface area is 128 Å². The summed E-state index contributed by atoms with van der Waals surface area (Å²) in [6.45, 7) is 2.17. The molecule has 1 aliphatic heterocycles. The van der Waals surface area contributed by atoms with Crippen LogP contribution >= 0.6 is 11.3 Å². The van der Waals surface area contributed by atoms with Crippen molar-refractivity contribution in [2.45, 2.75) is 13.0 Å². The van der Waals surface area contributed by atoms with E-state index in [0.29, 0.717) is 26.3 Å². The Balaban J connectivity index is 1.98. The van der Waals surface area contributed by atoms with Gasteiger partial charge in [0.25, 0.3) is 0 Å². The van der Waals surface area contributed by atoms with E-state index in [4.69, 9.17) is 9.47 Å². The van der Waals surface area contributed by atoms with Gasteiger partial charge in [-0.05, 0) is 12.0 Å². The van der Waals surface area contributed by atoms with Gasteiger partial charge in [-0.15, -0.1) is 11.3 Å². The summed E-state index contributed by atoms with van der Waals surface area (Å²) < 4.78 is 10.1. The summed E-state index contributed by atoms with van der Waals surface area (Å²) in [5.74, 6) is -0.0188. The summed E-state index contributed by atoms with van der Waals surface area (Å²) in [5.41, 5.74) is 1.80. The van der Waals surface area contributed by atoms with Gasteiger partial charge in [0, 0.05) is 25.6 Å². The second-order valence-corrected chi connectivity index (χ2v) is 5.79. The number of nitriles is 1. The molecule has 0 aliphatic carbocycles. The number of carbonyl (C=O) groups excluding carboxylic acids is 1. The summed E-state index contributed by atoms with van der Waals surface area (Å²) >= 11 is 1.55. The van der Waals surface area contributed by atoms with Crippen molar-refractivity contribution < 1.29 is 14.3 Å². The summed E-state index contributed by atoms with van der Waals surface area (Å²) in [5, 5.41) is 13.2. The van der Waals surface area contributed by atoms with Crippen LogP contribution in [0.4, 0.5) is 5.00 Å². The fraction of sp³-hybridized carbons (Fsp3) is 0.571. The van der Waals surface area contributed by atoms with Crippen LogP contribution < -0.4 is 5.32 Å². The summed E-state index contributed by atoms with van der Waals surface area (Å²) in [4.78, 5) is 15.0. The van der Waals surface area contributed by atoms with E-state index in [0.717, 1.165) is 27.4 Å². The number of anilines is 1. The smallest absolute Gasteiger partial charge is 0.248 e. The van der Waals surface area contributed by atoms with Crippen LogP contribution in [-0.4, -0.2) is 51.3 Å². The topological polar surface area (TPSA) is 74.6 Å². The second kappa shape index (κ2) is 7.41. The number of carbonyl (C=O) groups is 1. The molecular weight excluding hydrogens is 290 g/mol. The standard InChI is InChI=1S/C14H19N3O3S/c1-16-14-11(7-15)10-3-4-17(8-12(10)21-14)13(18)9-20-6-5-19-2/h16H,3-6,8-9H2,1-2H3. The first kappa shape index (κ1) is 15.8. The van der Waals surface area contributed by atoms with Crippen LogP contribution in [0.1, 0.15) is 16.0 Å². The largest absolute Gasteiger partial charge is 0.382 e. The third kappa shape index (κ3) is 3.53. The number of nitrogens with zero attached hydrogens (tertiary/aromatic N) is 2. The van der Waals surface area contributed by atoms with Crippen LogP contribution in [0, 0.1) is 11.3 Å². The highest BCUT2D eigenvalue weighted by Crippen LogP contribution is 2.36. The maximum atomic E-state index is 12.1. The first-order chi connectivity index (χ1) is 10.2. The third-order valence-corrected chi connectivity index (χ3v) is 4.64. The predicted molar refractivity (Wildman–Crippen MR) is 80.4 cm³/mol. The molecular formula is C14H19N3O3S. The number of rotatable bonds is 6. The zero-order chi connectivity index (χ0) is 15.2. The summed E-state index contributed by atoms with van der Waals surface area (Å²) in [6.07, 6.45) is 0.722. The average molecular weight is 309 g/mol. The number of methoxy groups -OCH3 is 1. The summed E-state index contributed by atoms with van der Waals surface area (Å²) in [6, 6.07) is 2.25. The fourth-order valence-electron chi connectivity index (χ4n) is 2.30. The van der Waals surface area contributed by atoms with Crippen LogP contribution in [0.2, 0.25) is 0 Å². The number of thiophene rings is 1. The lowest BCUT2D eigenvalue weighted by Crippen LogP contribution is -2.38. The van der Waals surface area contributed by atoms with E-state index in [-0.39, 0.29) is 12.5 Å². The Morgan fingerprint density at radius 2 is 2.33 bits per heavy atom. The molecule has 0 radical (unpaired) electrons. The van der Waals surface area contributed by atoms with Gasteiger partial charge in [0.05, 0.1) is 25.3 Å². The average Bonchev–Trinajstić information content (AvgIpc) is 2.87. The van der Waals surface area contributed by atoms with Crippen molar-refractivity contribution in [2.24, 2.45) is 0 Å². The maximum absolute atomic E-state index is 12.1. The van der Waals surface area contributed by atoms with E-state index < -0.39 is 0 Å². The number of hydrogen-bond acceptors (Lipinski definition) is 6. The molecule has 1 N–H and O–H groups in total. The molecule has 0 saturated heterocycles. The predicted octanol–water partition coefficient (Wildman–Crippen LogP) is 1.21. The van der Waals surface area contributed by atoms with E-state index in [1.807, 2.05) is 7.05 Å². The van der Waals surface area contributed by atoms with Crippen molar-refractivity contribution in [3.05, 3.63) is 16.0 Å². The molecule has 1 aliphatic rings. The molecule has 6 nitrogen and oxygen atoms in total. The molecule has 0 bridgehead atoms. The molecule has 0 spiro atoms.